The zero-order valence-electron chi connectivity index (χ0n) is 15.7. The van der Waals surface area contributed by atoms with E-state index in [1.807, 2.05) is 12.1 Å². The van der Waals surface area contributed by atoms with Gasteiger partial charge in [-0.3, -0.25) is 4.79 Å². The van der Waals surface area contributed by atoms with Gasteiger partial charge >= 0.3 is 0 Å². The van der Waals surface area contributed by atoms with Crippen LogP contribution < -0.4 is 10.6 Å². The third-order valence-corrected chi connectivity index (χ3v) is 5.62. The molecule has 2 aromatic carbocycles. The molecule has 1 amide bonds. The average molecular weight is 380 g/mol. The number of carbonyl (C=O) groups is 1. The molecule has 0 fully saturated rings. The highest BCUT2D eigenvalue weighted by molar-refractivity contribution is 7.10. The van der Waals surface area contributed by atoms with E-state index in [0.717, 1.165) is 12.8 Å². The topological polar surface area (TPSA) is 45.7 Å². The van der Waals surface area contributed by atoms with Crippen LogP contribution >= 0.6 is 11.3 Å². The van der Waals surface area contributed by atoms with E-state index < -0.39 is 0 Å². The van der Waals surface area contributed by atoms with Gasteiger partial charge in [0.1, 0.15) is 6.04 Å². The quantitative estimate of drug-likeness (QED) is 0.587. The summed E-state index contributed by atoms with van der Waals surface area (Å²) < 4.78 is 0. The molecule has 0 saturated carbocycles. The Morgan fingerprint density at radius 3 is 2.37 bits per heavy atom. The zero-order valence-corrected chi connectivity index (χ0v) is 16.5. The molecule has 27 heavy (non-hydrogen) atoms. The molecule has 3 aromatic rings. The van der Waals surface area contributed by atoms with Crippen molar-refractivity contribution < 1.29 is 10.1 Å². The normalized spacial score (nSPS) is 13.1. The number of thiophene rings is 1. The van der Waals surface area contributed by atoms with E-state index in [-0.39, 0.29) is 18.0 Å². The first-order valence-corrected chi connectivity index (χ1v) is 10.4. The minimum Gasteiger partial charge on any atom is -0.349 e. The number of hydrogen-bond donors (Lipinski definition) is 2. The van der Waals surface area contributed by atoms with Crippen molar-refractivity contribution in [1.82, 2.24) is 5.32 Å². The highest BCUT2D eigenvalue weighted by atomic mass is 32.1. The molecule has 0 saturated heterocycles. The molecule has 0 spiro atoms. The summed E-state index contributed by atoms with van der Waals surface area (Å²) in [5, 5.41) is 7.35. The lowest BCUT2D eigenvalue weighted by atomic mass is 10.1. The molecule has 1 heterocycles. The van der Waals surface area contributed by atoms with E-state index in [4.69, 9.17) is 0 Å². The van der Waals surface area contributed by atoms with Crippen LogP contribution in [0.15, 0.2) is 78.2 Å². The first-order chi connectivity index (χ1) is 13.2. The molecule has 1 aromatic heterocycles. The summed E-state index contributed by atoms with van der Waals surface area (Å²) in [5.74, 6) is 0.0908. The van der Waals surface area contributed by atoms with Crippen LogP contribution in [0.25, 0.3) is 0 Å². The van der Waals surface area contributed by atoms with Crippen LogP contribution in [0.3, 0.4) is 0 Å². The fourth-order valence-electron chi connectivity index (χ4n) is 3.20. The Kier molecular flexibility index (Phi) is 7.19. The summed E-state index contributed by atoms with van der Waals surface area (Å²) in [6.45, 7) is 2.50. The van der Waals surface area contributed by atoms with Crippen molar-refractivity contribution in [2.75, 3.05) is 6.54 Å². The minimum atomic E-state index is 0.0908. The van der Waals surface area contributed by atoms with Crippen molar-refractivity contribution >= 4 is 17.2 Å². The van der Waals surface area contributed by atoms with E-state index >= 15 is 0 Å². The molecule has 3 N–H and O–H groups in total. The van der Waals surface area contributed by atoms with Crippen LogP contribution in [0.1, 0.15) is 35.4 Å². The minimum absolute atomic E-state index is 0.0908. The molecule has 4 heteroatoms. The predicted octanol–water partition coefficient (Wildman–Crippen LogP) is 3.54. The lowest BCUT2D eigenvalue weighted by Gasteiger charge is -2.17. The molecular weight excluding hydrogens is 352 g/mol. The monoisotopic (exact) mass is 379 g/mol. The summed E-state index contributed by atoms with van der Waals surface area (Å²) in [7, 11) is 0. The highest BCUT2D eigenvalue weighted by Crippen LogP contribution is 2.22. The summed E-state index contributed by atoms with van der Waals surface area (Å²) in [4.78, 5) is 13.7. The molecule has 0 aliphatic carbocycles. The molecule has 0 aliphatic heterocycles. The van der Waals surface area contributed by atoms with E-state index in [1.165, 1.54) is 16.0 Å². The number of nitrogens with two attached hydrogens (primary N) is 1. The predicted molar refractivity (Wildman–Crippen MR) is 112 cm³/mol. The Morgan fingerprint density at radius 1 is 1.00 bits per heavy atom. The first kappa shape index (κ1) is 19.3. The van der Waals surface area contributed by atoms with Crippen LogP contribution in [0.2, 0.25) is 0 Å². The third kappa shape index (κ3) is 6.05. The van der Waals surface area contributed by atoms with Gasteiger partial charge in [0.15, 0.2) is 6.54 Å². The van der Waals surface area contributed by atoms with E-state index in [1.54, 1.807) is 11.3 Å². The smallest absolute Gasteiger partial charge is 0.275 e. The summed E-state index contributed by atoms with van der Waals surface area (Å²) in [6.07, 6.45) is 1.93. The van der Waals surface area contributed by atoms with Gasteiger partial charge in [-0.2, -0.15) is 0 Å². The van der Waals surface area contributed by atoms with Gasteiger partial charge in [0.05, 0.1) is 4.88 Å². The van der Waals surface area contributed by atoms with Gasteiger partial charge in [-0.25, -0.2) is 0 Å². The van der Waals surface area contributed by atoms with Crippen molar-refractivity contribution in [2.24, 2.45) is 0 Å². The second-order valence-corrected chi connectivity index (χ2v) is 7.82. The van der Waals surface area contributed by atoms with Crippen LogP contribution in [-0.2, 0) is 11.2 Å². The van der Waals surface area contributed by atoms with E-state index in [2.05, 4.69) is 83.6 Å². The SMILES string of the molecule is C[C@H](CCc1ccccc1)NC(=O)C[NH2+][C@@H](c1ccccc1)c1cccs1. The van der Waals surface area contributed by atoms with Crippen LogP contribution in [-0.4, -0.2) is 18.5 Å². The fourth-order valence-corrected chi connectivity index (χ4v) is 4.05. The van der Waals surface area contributed by atoms with E-state index in [9.17, 15) is 4.79 Å². The number of hydrogen-bond acceptors (Lipinski definition) is 2. The molecule has 0 bridgehead atoms. The Labute approximate surface area is 165 Å². The maximum absolute atomic E-state index is 12.4. The van der Waals surface area contributed by atoms with Crippen molar-refractivity contribution in [2.45, 2.75) is 31.8 Å². The standard InChI is InChI=1S/C23H26N2OS/c1-18(14-15-19-9-4-2-5-10-19)25-22(26)17-24-23(21-13-8-16-27-21)20-11-6-3-7-12-20/h2-13,16,18,23-24H,14-15,17H2,1H3,(H,25,26)/p+1/t18-,23+/m1/s1. The van der Waals surface area contributed by atoms with Gasteiger partial charge in [0, 0.05) is 11.6 Å². The Hall–Kier alpha value is -2.43. The Balaban J connectivity index is 1.50. The van der Waals surface area contributed by atoms with Gasteiger partial charge in [-0.05, 0) is 36.8 Å². The van der Waals surface area contributed by atoms with Gasteiger partial charge in [0.2, 0.25) is 0 Å². The lowest BCUT2D eigenvalue weighted by molar-refractivity contribution is -0.676. The number of nitrogens with one attached hydrogen (secondary N) is 1. The molecule has 2 atom stereocenters. The number of carbonyl (C=O) groups excluding carboxylic acids is 1. The van der Waals surface area contributed by atoms with Crippen molar-refractivity contribution in [3.63, 3.8) is 0 Å². The van der Waals surface area contributed by atoms with Crippen LogP contribution in [0.4, 0.5) is 0 Å². The van der Waals surface area contributed by atoms with Gasteiger partial charge < -0.3 is 10.6 Å². The largest absolute Gasteiger partial charge is 0.349 e. The molecule has 0 radical (unpaired) electrons. The zero-order chi connectivity index (χ0) is 18.9. The Bertz CT molecular complexity index is 803. The van der Waals surface area contributed by atoms with Crippen LogP contribution in [0.5, 0.6) is 0 Å². The maximum Gasteiger partial charge on any atom is 0.275 e. The Morgan fingerprint density at radius 2 is 1.70 bits per heavy atom. The van der Waals surface area contributed by atoms with Crippen LogP contribution in [0, 0.1) is 0 Å². The summed E-state index contributed by atoms with van der Waals surface area (Å²) in [6, 6.07) is 25.3. The first-order valence-electron chi connectivity index (χ1n) is 9.47. The number of rotatable bonds is 9. The average Bonchev–Trinajstić information content (AvgIpc) is 3.23. The van der Waals surface area contributed by atoms with Crippen molar-refractivity contribution in [3.8, 4) is 0 Å². The highest BCUT2D eigenvalue weighted by Gasteiger charge is 2.20. The second kappa shape index (κ2) is 10.0. The third-order valence-electron chi connectivity index (χ3n) is 4.66. The van der Waals surface area contributed by atoms with Crippen molar-refractivity contribution in [1.29, 1.82) is 0 Å². The lowest BCUT2D eigenvalue weighted by Crippen LogP contribution is -2.87. The molecule has 140 valence electrons. The van der Waals surface area contributed by atoms with Gasteiger partial charge in [-0.1, -0.05) is 66.7 Å². The molecule has 3 rings (SSSR count). The summed E-state index contributed by atoms with van der Waals surface area (Å²) in [5.41, 5.74) is 2.54. The number of benzene rings is 2. The summed E-state index contributed by atoms with van der Waals surface area (Å²) >= 11 is 1.73. The van der Waals surface area contributed by atoms with Crippen molar-refractivity contribution in [3.05, 3.63) is 94.2 Å². The number of aryl methyl sites for hydroxylation is 1. The molecule has 0 unspecified atom stereocenters. The fraction of sp³-hybridized carbons (Fsp3) is 0.261. The van der Waals surface area contributed by atoms with Gasteiger partial charge in [0.25, 0.3) is 5.91 Å². The molecular formula is C23H27N2OS+. The van der Waals surface area contributed by atoms with Gasteiger partial charge in [-0.15, -0.1) is 11.3 Å². The second-order valence-electron chi connectivity index (χ2n) is 6.84. The number of amides is 1. The molecule has 3 nitrogen and oxygen atoms in total. The number of quaternary nitrogens is 1. The maximum atomic E-state index is 12.4. The molecule has 0 aliphatic rings. The van der Waals surface area contributed by atoms with E-state index in [0.29, 0.717) is 6.54 Å².